The monoisotopic (exact) mass is 325 g/mol. The van der Waals surface area contributed by atoms with Crippen LogP contribution in [0.4, 0.5) is 10.5 Å². The van der Waals surface area contributed by atoms with E-state index in [1.165, 1.54) is 0 Å². The normalized spacial score (nSPS) is 16.6. The molecule has 1 fully saturated rings. The Morgan fingerprint density at radius 1 is 0.958 bits per heavy atom. The number of hydrogen-bond acceptors (Lipinski definition) is 3. The van der Waals surface area contributed by atoms with Crippen LogP contribution in [0.15, 0.2) is 60.7 Å². The van der Waals surface area contributed by atoms with Crippen LogP contribution >= 0.6 is 0 Å². The number of carbonyl (C=O) groups excluding carboxylic acids is 1. The summed E-state index contributed by atoms with van der Waals surface area (Å²) in [5, 5.41) is 13.2. The van der Waals surface area contributed by atoms with Crippen LogP contribution in [-0.4, -0.2) is 53.7 Å². The second kappa shape index (κ2) is 7.95. The number of carbonyl (C=O) groups is 1. The summed E-state index contributed by atoms with van der Waals surface area (Å²) in [6, 6.07) is 19.1. The van der Waals surface area contributed by atoms with Crippen LogP contribution in [0.3, 0.4) is 0 Å². The standard InChI is InChI=1S/C19H23N3O2/c23-18(16-7-3-1-4-8-16)15-21-11-13-22(14-12-21)19(24)20-17-9-5-2-6-10-17/h1-10,18,23H,11-15H2,(H,20,24)/t18-/m1/s1. The lowest BCUT2D eigenvalue weighted by Crippen LogP contribution is -2.50. The fourth-order valence-electron chi connectivity index (χ4n) is 2.88. The van der Waals surface area contributed by atoms with Gasteiger partial charge in [-0.15, -0.1) is 0 Å². The summed E-state index contributed by atoms with van der Waals surface area (Å²) in [7, 11) is 0. The minimum atomic E-state index is -0.490. The van der Waals surface area contributed by atoms with Crippen molar-refractivity contribution in [2.45, 2.75) is 6.10 Å². The van der Waals surface area contributed by atoms with Crippen LogP contribution in [0.25, 0.3) is 0 Å². The van der Waals surface area contributed by atoms with Gasteiger partial charge in [0.25, 0.3) is 0 Å². The molecular formula is C19H23N3O2. The van der Waals surface area contributed by atoms with Crippen LogP contribution in [0.1, 0.15) is 11.7 Å². The highest BCUT2D eigenvalue weighted by molar-refractivity contribution is 5.89. The average Bonchev–Trinajstić information content (AvgIpc) is 2.64. The van der Waals surface area contributed by atoms with Gasteiger partial charge in [0.15, 0.2) is 0 Å². The maximum Gasteiger partial charge on any atom is 0.321 e. The molecule has 0 aliphatic carbocycles. The van der Waals surface area contributed by atoms with Gasteiger partial charge in [-0.1, -0.05) is 48.5 Å². The first-order chi connectivity index (χ1) is 11.7. The van der Waals surface area contributed by atoms with E-state index in [1.54, 1.807) is 0 Å². The second-order valence-corrected chi connectivity index (χ2v) is 6.01. The molecule has 0 unspecified atom stereocenters. The van der Waals surface area contributed by atoms with Gasteiger partial charge in [-0.2, -0.15) is 0 Å². The Labute approximate surface area is 142 Å². The van der Waals surface area contributed by atoms with Gasteiger partial charge in [-0.3, -0.25) is 4.90 Å². The quantitative estimate of drug-likeness (QED) is 0.908. The van der Waals surface area contributed by atoms with Gasteiger partial charge in [0.2, 0.25) is 0 Å². The lowest BCUT2D eigenvalue weighted by molar-refractivity contribution is 0.0831. The number of para-hydroxylation sites is 1. The Kier molecular flexibility index (Phi) is 5.46. The summed E-state index contributed by atoms with van der Waals surface area (Å²) in [6.45, 7) is 3.47. The van der Waals surface area contributed by atoms with Crippen molar-refractivity contribution in [2.75, 3.05) is 38.0 Å². The van der Waals surface area contributed by atoms with Crippen LogP contribution in [0, 0.1) is 0 Å². The van der Waals surface area contributed by atoms with Gasteiger partial charge in [0.1, 0.15) is 0 Å². The van der Waals surface area contributed by atoms with E-state index in [0.717, 1.165) is 24.3 Å². The number of aliphatic hydroxyl groups excluding tert-OH is 1. The Hall–Kier alpha value is -2.37. The van der Waals surface area contributed by atoms with E-state index < -0.39 is 6.10 Å². The van der Waals surface area contributed by atoms with Gasteiger partial charge in [-0.05, 0) is 17.7 Å². The minimum absolute atomic E-state index is 0.0653. The van der Waals surface area contributed by atoms with E-state index >= 15 is 0 Å². The molecule has 3 rings (SSSR count). The molecule has 2 aromatic rings. The van der Waals surface area contributed by atoms with E-state index in [-0.39, 0.29) is 6.03 Å². The molecule has 1 aliphatic rings. The van der Waals surface area contributed by atoms with Crippen molar-refractivity contribution >= 4 is 11.7 Å². The second-order valence-electron chi connectivity index (χ2n) is 6.01. The van der Waals surface area contributed by atoms with Gasteiger partial charge in [0.05, 0.1) is 6.10 Å². The Bertz CT molecular complexity index is 640. The topological polar surface area (TPSA) is 55.8 Å². The van der Waals surface area contributed by atoms with Crippen molar-refractivity contribution in [3.05, 3.63) is 66.2 Å². The first kappa shape index (κ1) is 16.5. The molecule has 2 N–H and O–H groups in total. The van der Waals surface area contributed by atoms with E-state index in [9.17, 15) is 9.90 Å². The van der Waals surface area contributed by atoms with Crippen LogP contribution in [0.5, 0.6) is 0 Å². The molecule has 1 saturated heterocycles. The molecule has 2 aromatic carbocycles. The van der Waals surface area contributed by atoms with Crippen LogP contribution in [0.2, 0.25) is 0 Å². The lowest BCUT2D eigenvalue weighted by Gasteiger charge is -2.35. The summed E-state index contributed by atoms with van der Waals surface area (Å²) in [5.41, 5.74) is 1.74. The predicted molar refractivity (Wildman–Crippen MR) is 94.9 cm³/mol. The molecular weight excluding hydrogens is 302 g/mol. The maximum absolute atomic E-state index is 12.3. The summed E-state index contributed by atoms with van der Waals surface area (Å²) in [6.07, 6.45) is -0.490. The largest absolute Gasteiger partial charge is 0.387 e. The van der Waals surface area contributed by atoms with Gasteiger partial charge in [-0.25, -0.2) is 4.79 Å². The molecule has 0 spiro atoms. The zero-order valence-corrected chi connectivity index (χ0v) is 13.6. The molecule has 1 heterocycles. The Balaban J connectivity index is 1.46. The number of benzene rings is 2. The summed E-state index contributed by atoms with van der Waals surface area (Å²) >= 11 is 0. The molecule has 0 radical (unpaired) electrons. The average molecular weight is 325 g/mol. The molecule has 24 heavy (non-hydrogen) atoms. The Morgan fingerprint density at radius 3 is 2.17 bits per heavy atom. The number of nitrogens with zero attached hydrogens (tertiary/aromatic N) is 2. The number of hydrogen-bond donors (Lipinski definition) is 2. The number of anilines is 1. The maximum atomic E-state index is 12.3. The van der Waals surface area contributed by atoms with Gasteiger partial charge >= 0.3 is 6.03 Å². The van der Waals surface area contributed by atoms with E-state index in [2.05, 4.69) is 10.2 Å². The van der Waals surface area contributed by atoms with Crippen molar-refractivity contribution in [1.29, 1.82) is 0 Å². The zero-order valence-electron chi connectivity index (χ0n) is 13.6. The molecule has 0 saturated carbocycles. The molecule has 1 aliphatic heterocycles. The van der Waals surface area contributed by atoms with E-state index in [4.69, 9.17) is 0 Å². The van der Waals surface area contributed by atoms with Crippen molar-refractivity contribution in [3.8, 4) is 0 Å². The van der Waals surface area contributed by atoms with E-state index in [0.29, 0.717) is 19.6 Å². The zero-order chi connectivity index (χ0) is 16.8. The molecule has 0 bridgehead atoms. The highest BCUT2D eigenvalue weighted by atomic mass is 16.3. The lowest BCUT2D eigenvalue weighted by atomic mass is 10.1. The number of urea groups is 1. The highest BCUT2D eigenvalue weighted by Gasteiger charge is 2.22. The van der Waals surface area contributed by atoms with Gasteiger partial charge in [0, 0.05) is 38.4 Å². The van der Waals surface area contributed by atoms with Crippen molar-refractivity contribution < 1.29 is 9.90 Å². The molecule has 0 aromatic heterocycles. The van der Waals surface area contributed by atoms with Crippen LogP contribution in [-0.2, 0) is 0 Å². The van der Waals surface area contributed by atoms with Crippen LogP contribution < -0.4 is 5.32 Å². The number of rotatable bonds is 4. The third kappa shape index (κ3) is 4.34. The third-order valence-corrected chi connectivity index (χ3v) is 4.30. The highest BCUT2D eigenvalue weighted by Crippen LogP contribution is 2.15. The van der Waals surface area contributed by atoms with Crippen molar-refractivity contribution in [1.82, 2.24) is 9.80 Å². The first-order valence-electron chi connectivity index (χ1n) is 8.29. The molecule has 2 amide bonds. The Morgan fingerprint density at radius 2 is 1.54 bits per heavy atom. The number of amides is 2. The smallest absolute Gasteiger partial charge is 0.321 e. The molecule has 5 nitrogen and oxygen atoms in total. The van der Waals surface area contributed by atoms with Crippen molar-refractivity contribution in [2.24, 2.45) is 0 Å². The summed E-state index contributed by atoms with van der Waals surface area (Å²) < 4.78 is 0. The van der Waals surface area contributed by atoms with E-state index in [1.807, 2.05) is 65.6 Å². The fraction of sp³-hybridized carbons (Fsp3) is 0.316. The molecule has 1 atom stereocenters. The van der Waals surface area contributed by atoms with Gasteiger partial charge < -0.3 is 15.3 Å². The first-order valence-corrected chi connectivity index (χ1v) is 8.29. The summed E-state index contributed by atoms with van der Waals surface area (Å²) in [5.74, 6) is 0. The number of β-amino-alcohol motifs (C(OH)–C–C–N with tert-alkyl or cyclic N) is 1. The third-order valence-electron chi connectivity index (χ3n) is 4.30. The molecule has 126 valence electrons. The molecule has 5 heteroatoms. The SMILES string of the molecule is O=C(Nc1ccccc1)N1CCN(C[C@@H](O)c2ccccc2)CC1. The minimum Gasteiger partial charge on any atom is -0.387 e. The number of aliphatic hydroxyl groups is 1. The van der Waals surface area contributed by atoms with Crippen molar-refractivity contribution in [3.63, 3.8) is 0 Å². The predicted octanol–water partition coefficient (Wildman–Crippen LogP) is 2.57. The summed E-state index contributed by atoms with van der Waals surface area (Å²) in [4.78, 5) is 16.3. The number of piperazine rings is 1. The number of nitrogens with one attached hydrogen (secondary N) is 1. The fourth-order valence-corrected chi connectivity index (χ4v) is 2.88.